The van der Waals surface area contributed by atoms with Crippen molar-refractivity contribution >= 4 is 11.7 Å². The van der Waals surface area contributed by atoms with Crippen molar-refractivity contribution in [2.24, 2.45) is 5.92 Å². The van der Waals surface area contributed by atoms with Gasteiger partial charge in [0.05, 0.1) is 36.7 Å². The minimum Gasteiger partial charge on any atom is -0.462 e. The maximum absolute atomic E-state index is 11.7. The number of fused-ring (bicyclic) bond motifs is 2. The van der Waals surface area contributed by atoms with Crippen LogP contribution in [0.4, 0.5) is 5.69 Å². The molecule has 2 fully saturated rings. The molecular formula is C21H24N2O4. The van der Waals surface area contributed by atoms with Crippen molar-refractivity contribution in [2.75, 3.05) is 18.7 Å². The van der Waals surface area contributed by atoms with E-state index in [1.165, 1.54) is 5.56 Å². The molecule has 2 aliphatic rings. The molecule has 0 saturated carbocycles. The molecule has 0 amide bonds. The fraction of sp³-hybridized carbons (Fsp3) is 0.429. The Balaban J connectivity index is 1.35. The molecule has 2 aromatic rings. The van der Waals surface area contributed by atoms with Crippen molar-refractivity contribution in [1.82, 2.24) is 4.98 Å². The van der Waals surface area contributed by atoms with Gasteiger partial charge in [0, 0.05) is 24.2 Å². The zero-order chi connectivity index (χ0) is 18.6. The number of aromatic nitrogens is 1. The Bertz CT molecular complexity index is 766. The Morgan fingerprint density at radius 1 is 1.15 bits per heavy atom. The SMILES string of the molecule is CCOC(=O)c1ccc(NOC[C@@H]2[C@@H](c3ccncc3)[C@@H]3CC[C@H]2O3)cc1. The highest BCUT2D eigenvalue weighted by molar-refractivity contribution is 5.89. The number of pyridine rings is 1. The number of ether oxygens (including phenoxy) is 2. The van der Waals surface area contributed by atoms with Gasteiger partial charge in [0.2, 0.25) is 0 Å². The smallest absolute Gasteiger partial charge is 0.338 e. The van der Waals surface area contributed by atoms with Gasteiger partial charge in [-0.05, 0) is 61.7 Å². The summed E-state index contributed by atoms with van der Waals surface area (Å²) in [6.07, 6.45) is 6.40. The van der Waals surface area contributed by atoms with Crippen molar-refractivity contribution < 1.29 is 19.1 Å². The second-order valence-corrected chi connectivity index (χ2v) is 6.97. The minimum atomic E-state index is -0.315. The van der Waals surface area contributed by atoms with Crippen LogP contribution in [0.2, 0.25) is 0 Å². The molecule has 0 spiro atoms. The van der Waals surface area contributed by atoms with E-state index in [4.69, 9.17) is 14.3 Å². The molecular weight excluding hydrogens is 344 g/mol. The number of carbonyl (C=O) groups excluding carboxylic acids is 1. The molecule has 1 aromatic carbocycles. The van der Waals surface area contributed by atoms with Gasteiger partial charge in [0.1, 0.15) is 0 Å². The van der Waals surface area contributed by atoms with E-state index >= 15 is 0 Å². The minimum absolute atomic E-state index is 0.251. The van der Waals surface area contributed by atoms with Gasteiger partial charge >= 0.3 is 5.97 Å². The first-order chi connectivity index (χ1) is 13.3. The van der Waals surface area contributed by atoms with Crippen LogP contribution in [0.5, 0.6) is 0 Å². The third-order valence-corrected chi connectivity index (χ3v) is 5.38. The van der Waals surface area contributed by atoms with Gasteiger partial charge in [-0.1, -0.05) is 0 Å². The molecule has 0 aliphatic carbocycles. The standard InChI is InChI=1S/C21H24N2O4/c1-2-25-21(24)15-3-5-16(6-4-15)23-26-13-17-18-7-8-19(27-18)20(17)14-9-11-22-12-10-14/h3-6,9-12,17-20,23H,2,7-8,13H2,1H3/t17-,18+,19-,20+/m0/s1. The van der Waals surface area contributed by atoms with E-state index in [1.807, 2.05) is 24.5 Å². The summed E-state index contributed by atoms with van der Waals surface area (Å²) >= 11 is 0. The van der Waals surface area contributed by atoms with Gasteiger partial charge < -0.3 is 9.47 Å². The van der Waals surface area contributed by atoms with Crippen LogP contribution in [0, 0.1) is 5.92 Å². The van der Waals surface area contributed by atoms with Crippen LogP contribution in [0.15, 0.2) is 48.8 Å². The first kappa shape index (κ1) is 17.9. The lowest BCUT2D eigenvalue weighted by Crippen LogP contribution is -2.30. The third kappa shape index (κ3) is 3.82. The summed E-state index contributed by atoms with van der Waals surface area (Å²) in [6.45, 7) is 2.72. The molecule has 2 bridgehead atoms. The fourth-order valence-corrected chi connectivity index (χ4v) is 4.14. The summed E-state index contributed by atoms with van der Waals surface area (Å²) in [5.74, 6) is 0.349. The molecule has 3 heterocycles. The molecule has 6 nitrogen and oxygen atoms in total. The Kier molecular flexibility index (Phi) is 5.36. The summed E-state index contributed by atoms with van der Waals surface area (Å²) in [4.78, 5) is 21.6. The molecule has 1 aromatic heterocycles. The Labute approximate surface area is 158 Å². The first-order valence-corrected chi connectivity index (χ1v) is 9.46. The first-order valence-electron chi connectivity index (χ1n) is 9.46. The van der Waals surface area contributed by atoms with E-state index in [1.54, 1.807) is 19.1 Å². The monoisotopic (exact) mass is 368 g/mol. The third-order valence-electron chi connectivity index (χ3n) is 5.38. The maximum Gasteiger partial charge on any atom is 0.338 e. The predicted molar refractivity (Wildman–Crippen MR) is 100 cm³/mol. The molecule has 142 valence electrons. The van der Waals surface area contributed by atoms with Crippen LogP contribution in [0.25, 0.3) is 0 Å². The number of benzene rings is 1. The Morgan fingerprint density at radius 3 is 2.63 bits per heavy atom. The van der Waals surface area contributed by atoms with Gasteiger partial charge in [-0.2, -0.15) is 0 Å². The van der Waals surface area contributed by atoms with E-state index in [0.717, 1.165) is 18.5 Å². The van der Waals surface area contributed by atoms with E-state index in [0.29, 0.717) is 30.6 Å². The lowest BCUT2D eigenvalue weighted by atomic mass is 9.76. The summed E-state index contributed by atoms with van der Waals surface area (Å²) < 4.78 is 11.1. The van der Waals surface area contributed by atoms with Crippen LogP contribution in [-0.4, -0.2) is 36.4 Å². The summed E-state index contributed by atoms with van der Waals surface area (Å²) in [7, 11) is 0. The maximum atomic E-state index is 11.7. The zero-order valence-corrected chi connectivity index (χ0v) is 15.3. The quantitative estimate of drug-likeness (QED) is 0.595. The van der Waals surface area contributed by atoms with Crippen LogP contribution >= 0.6 is 0 Å². The lowest BCUT2D eigenvalue weighted by molar-refractivity contribution is 0.0526. The average molecular weight is 368 g/mol. The van der Waals surface area contributed by atoms with Crippen molar-refractivity contribution in [3.05, 3.63) is 59.9 Å². The van der Waals surface area contributed by atoms with Crippen molar-refractivity contribution in [3.8, 4) is 0 Å². The van der Waals surface area contributed by atoms with Gasteiger partial charge in [-0.15, -0.1) is 0 Å². The van der Waals surface area contributed by atoms with E-state index in [9.17, 15) is 4.79 Å². The second kappa shape index (κ2) is 8.06. The van der Waals surface area contributed by atoms with Gasteiger partial charge in [0.25, 0.3) is 0 Å². The largest absolute Gasteiger partial charge is 0.462 e. The molecule has 2 aliphatic heterocycles. The summed E-state index contributed by atoms with van der Waals surface area (Å²) in [5.41, 5.74) is 5.58. The Hall–Kier alpha value is -2.44. The molecule has 1 N–H and O–H groups in total. The van der Waals surface area contributed by atoms with Crippen molar-refractivity contribution in [3.63, 3.8) is 0 Å². The highest BCUT2D eigenvalue weighted by atomic mass is 16.6. The van der Waals surface area contributed by atoms with E-state index < -0.39 is 0 Å². The van der Waals surface area contributed by atoms with Crippen LogP contribution in [0.3, 0.4) is 0 Å². The molecule has 2 saturated heterocycles. The number of anilines is 1. The highest BCUT2D eigenvalue weighted by Crippen LogP contribution is 2.48. The number of carbonyl (C=O) groups is 1. The van der Waals surface area contributed by atoms with Crippen molar-refractivity contribution in [2.45, 2.75) is 37.9 Å². The van der Waals surface area contributed by atoms with Crippen LogP contribution < -0.4 is 5.48 Å². The number of esters is 1. The number of hydrogen-bond acceptors (Lipinski definition) is 6. The highest BCUT2D eigenvalue weighted by Gasteiger charge is 2.49. The average Bonchev–Trinajstić information content (AvgIpc) is 3.31. The lowest BCUT2D eigenvalue weighted by Gasteiger charge is -2.28. The summed E-state index contributed by atoms with van der Waals surface area (Å²) in [6, 6.07) is 11.2. The molecule has 0 radical (unpaired) electrons. The molecule has 27 heavy (non-hydrogen) atoms. The van der Waals surface area contributed by atoms with E-state index in [2.05, 4.69) is 22.6 Å². The predicted octanol–water partition coefficient (Wildman–Crippen LogP) is 3.56. The topological polar surface area (TPSA) is 69.7 Å². The molecule has 6 heteroatoms. The number of hydrogen-bond donors (Lipinski definition) is 1. The van der Waals surface area contributed by atoms with Crippen LogP contribution in [0.1, 0.15) is 41.6 Å². The second-order valence-electron chi connectivity index (χ2n) is 6.97. The van der Waals surface area contributed by atoms with Crippen molar-refractivity contribution in [1.29, 1.82) is 0 Å². The number of nitrogens with zero attached hydrogens (tertiary/aromatic N) is 1. The fourth-order valence-electron chi connectivity index (χ4n) is 4.14. The van der Waals surface area contributed by atoms with Crippen LogP contribution in [-0.2, 0) is 14.3 Å². The number of rotatable bonds is 7. The molecule has 4 rings (SSSR count). The van der Waals surface area contributed by atoms with E-state index in [-0.39, 0.29) is 18.2 Å². The van der Waals surface area contributed by atoms with Gasteiger partial charge in [-0.25, -0.2) is 4.79 Å². The zero-order valence-electron chi connectivity index (χ0n) is 15.3. The van der Waals surface area contributed by atoms with Gasteiger partial charge in [0.15, 0.2) is 0 Å². The summed E-state index contributed by atoms with van der Waals surface area (Å²) in [5, 5.41) is 0. The molecule has 4 atom stereocenters. The normalized spacial score (nSPS) is 26.1. The number of nitrogens with one attached hydrogen (secondary N) is 1. The molecule has 0 unspecified atom stereocenters. The van der Waals surface area contributed by atoms with Gasteiger partial charge in [-0.3, -0.25) is 15.3 Å². The Morgan fingerprint density at radius 2 is 1.89 bits per heavy atom.